The van der Waals surface area contributed by atoms with E-state index in [9.17, 15) is 5.11 Å². The summed E-state index contributed by atoms with van der Waals surface area (Å²) in [5.74, 6) is 0.338. The van der Waals surface area contributed by atoms with Gasteiger partial charge in [0.2, 0.25) is 0 Å². The van der Waals surface area contributed by atoms with Crippen LogP contribution in [0.1, 0.15) is 11.1 Å². The number of aryl methyl sites for hydroxylation is 1. The molecule has 3 heteroatoms. The van der Waals surface area contributed by atoms with E-state index in [2.05, 4.69) is 11.4 Å². The summed E-state index contributed by atoms with van der Waals surface area (Å²) in [7, 11) is 0. The molecule has 0 bridgehead atoms. The van der Waals surface area contributed by atoms with E-state index in [0.29, 0.717) is 5.92 Å². The Morgan fingerprint density at radius 3 is 2.87 bits per heavy atom. The lowest BCUT2D eigenvalue weighted by atomic mass is 9.96. The predicted octanol–water partition coefficient (Wildman–Crippen LogP) is 1.77. The van der Waals surface area contributed by atoms with E-state index in [1.54, 1.807) is 0 Å². The van der Waals surface area contributed by atoms with E-state index in [4.69, 9.17) is 11.6 Å². The number of hydrogen-bond acceptors (Lipinski definition) is 2. The third-order valence-electron chi connectivity index (χ3n) is 3.02. The maximum Gasteiger partial charge on any atom is 0.0708 e. The summed E-state index contributed by atoms with van der Waals surface area (Å²) < 4.78 is 0. The molecule has 1 aromatic rings. The number of nitrogens with one attached hydrogen (secondary N) is 1. The number of hydrogen-bond donors (Lipinski definition) is 2. The van der Waals surface area contributed by atoms with E-state index in [1.807, 2.05) is 19.1 Å². The second-order valence-corrected chi connectivity index (χ2v) is 4.68. The van der Waals surface area contributed by atoms with Crippen LogP contribution in [0.3, 0.4) is 0 Å². The fraction of sp³-hybridized carbons (Fsp3) is 0.500. The van der Waals surface area contributed by atoms with Gasteiger partial charge in [-0.3, -0.25) is 0 Å². The number of aliphatic hydroxyl groups is 1. The molecule has 0 spiro atoms. The zero-order valence-electron chi connectivity index (χ0n) is 8.83. The van der Waals surface area contributed by atoms with Gasteiger partial charge in [-0.15, -0.1) is 0 Å². The maximum atomic E-state index is 9.69. The SMILES string of the molecule is Cc1cc(CC2CNCC2O)ccc1Cl. The van der Waals surface area contributed by atoms with Crippen molar-refractivity contribution in [2.45, 2.75) is 19.4 Å². The lowest BCUT2D eigenvalue weighted by Gasteiger charge is -2.13. The van der Waals surface area contributed by atoms with Crippen molar-refractivity contribution >= 4 is 11.6 Å². The van der Waals surface area contributed by atoms with Crippen molar-refractivity contribution in [2.24, 2.45) is 5.92 Å². The minimum absolute atomic E-state index is 0.207. The molecule has 0 amide bonds. The first kappa shape index (κ1) is 10.9. The molecule has 0 aromatic heterocycles. The van der Waals surface area contributed by atoms with Crippen molar-refractivity contribution < 1.29 is 5.11 Å². The molecule has 1 heterocycles. The van der Waals surface area contributed by atoms with Crippen LogP contribution in [-0.2, 0) is 6.42 Å². The smallest absolute Gasteiger partial charge is 0.0708 e. The van der Waals surface area contributed by atoms with E-state index in [1.165, 1.54) is 5.56 Å². The summed E-state index contributed by atoms with van der Waals surface area (Å²) in [6.07, 6.45) is 0.715. The minimum atomic E-state index is -0.207. The molecule has 2 N–H and O–H groups in total. The first-order valence-electron chi connectivity index (χ1n) is 5.30. The van der Waals surface area contributed by atoms with E-state index >= 15 is 0 Å². The van der Waals surface area contributed by atoms with Crippen molar-refractivity contribution in [1.29, 1.82) is 0 Å². The summed E-state index contributed by atoms with van der Waals surface area (Å²) >= 11 is 5.96. The Morgan fingerprint density at radius 2 is 2.27 bits per heavy atom. The maximum absolute atomic E-state index is 9.69. The van der Waals surface area contributed by atoms with Crippen LogP contribution >= 0.6 is 11.6 Å². The molecule has 15 heavy (non-hydrogen) atoms. The number of β-amino-alcohol motifs (C(OH)–C–C–N with tert-alkyl or cyclic N) is 1. The zero-order chi connectivity index (χ0) is 10.8. The predicted molar refractivity (Wildman–Crippen MR) is 62.3 cm³/mol. The van der Waals surface area contributed by atoms with Gasteiger partial charge in [0.05, 0.1) is 6.10 Å². The van der Waals surface area contributed by atoms with Crippen LogP contribution in [0.25, 0.3) is 0 Å². The molecule has 1 aromatic carbocycles. The summed E-state index contributed by atoms with van der Waals surface area (Å²) in [4.78, 5) is 0. The van der Waals surface area contributed by atoms with Gasteiger partial charge in [0.25, 0.3) is 0 Å². The van der Waals surface area contributed by atoms with E-state index < -0.39 is 0 Å². The monoisotopic (exact) mass is 225 g/mol. The van der Waals surface area contributed by atoms with Crippen LogP contribution in [0, 0.1) is 12.8 Å². The highest BCUT2D eigenvalue weighted by Crippen LogP contribution is 2.20. The molecule has 0 aliphatic carbocycles. The van der Waals surface area contributed by atoms with Gasteiger partial charge in [-0.25, -0.2) is 0 Å². The van der Waals surface area contributed by atoms with Crippen LogP contribution < -0.4 is 5.32 Å². The zero-order valence-corrected chi connectivity index (χ0v) is 9.59. The van der Waals surface area contributed by atoms with Crippen LogP contribution in [0.2, 0.25) is 5.02 Å². The second kappa shape index (κ2) is 4.52. The molecule has 1 saturated heterocycles. The fourth-order valence-electron chi connectivity index (χ4n) is 2.06. The Bertz CT molecular complexity index is 353. The van der Waals surface area contributed by atoms with Crippen LogP contribution in [0.5, 0.6) is 0 Å². The van der Waals surface area contributed by atoms with Gasteiger partial charge in [-0.05, 0) is 30.5 Å². The molecule has 2 nitrogen and oxygen atoms in total. The highest BCUT2D eigenvalue weighted by atomic mass is 35.5. The molecular formula is C12H16ClNO. The molecule has 1 aliphatic heterocycles. The lowest BCUT2D eigenvalue weighted by molar-refractivity contribution is 0.147. The first-order valence-corrected chi connectivity index (χ1v) is 5.68. The fourth-order valence-corrected chi connectivity index (χ4v) is 2.18. The Balaban J connectivity index is 2.07. The number of halogens is 1. The largest absolute Gasteiger partial charge is 0.391 e. The van der Waals surface area contributed by atoms with Crippen molar-refractivity contribution in [3.05, 3.63) is 34.3 Å². The molecule has 82 valence electrons. The topological polar surface area (TPSA) is 32.3 Å². The molecule has 1 fully saturated rings. The summed E-state index contributed by atoms with van der Waals surface area (Å²) in [6, 6.07) is 6.08. The molecule has 0 radical (unpaired) electrons. The van der Waals surface area contributed by atoms with Gasteiger partial charge in [-0.2, -0.15) is 0 Å². The standard InChI is InChI=1S/C12H16ClNO/c1-8-4-9(2-3-11(8)13)5-10-6-14-7-12(10)15/h2-4,10,12,14-15H,5-7H2,1H3. The van der Waals surface area contributed by atoms with Crippen molar-refractivity contribution in [3.8, 4) is 0 Å². The highest BCUT2D eigenvalue weighted by Gasteiger charge is 2.24. The number of rotatable bonds is 2. The van der Waals surface area contributed by atoms with Crippen LogP contribution in [0.4, 0.5) is 0 Å². The first-order chi connectivity index (χ1) is 7.16. The molecule has 1 aliphatic rings. The molecular weight excluding hydrogens is 210 g/mol. The summed E-state index contributed by atoms with van der Waals surface area (Å²) in [5, 5.41) is 13.7. The third kappa shape index (κ3) is 2.51. The van der Waals surface area contributed by atoms with E-state index in [-0.39, 0.29) is 6.10 Å². The van der Waals surface area contributed by atoms with Crippen LogP contribution in [0.15, 0.2) is 18.2 Å². The Hall–Kier alpha value is -0.570. The van der Waals surface area contributed by atoms with Gasteiger partial charge in [-0.1, -0.05) is 23.7 Å². The Labute approximate surface area is 95.3 Å². The normalized spacial score (nSPS) is 25.8. The third-order valence-corrected chi connectivity index (χ3v) is 3.45. The second-order valence-electron chi connectivity index (χ2n) is 4.27. The summed E-state index contributed by atoms with van der Waals surface area (Å²) in [6.45, 7) is 3.63. The van der Waals surface area contributed by atoms with Crippen LogP contribution in [-0.4, -0.2) is 24.3 Å². The minimum Gasteiger partial charge on any atom is -0.391 e. The van der Waals surface area contributed by atoms with Crippen molar-refractivity contribution in [1.82, 2.24) is 5.32 Å². The summed E-state index contributed by atoms with van der Waals surface area (Å²) in [5.41, 5.74) is 2.36. The average Bonchev–Trinajstić information content (AvgIpc) is 2.59. The van der Waals surface area contributed by atoms with Crippen molar-refractivity contribution in [2.75, 3.05) is 13.1 Å². The molecule has 2 unspecified atom stereocenters. The molecule has 2 atom stereocenters. The van der Waals surface area contributed by atoms with Crippen molar-refractivity contribution in [3.63, 3.8) is 0 Å². The van der Waals surface area contributed by atoms with Gasteiger partial charge < -0.3 is 10.4 Å². The van der Waals surface area contributed by atoms with Gasteiger partial charge >= 0.3 is 0 Å². The lowest BCUT2D eigenvalue weighted by Crippen LogP contribution is -2.19. The van der Waals surface area contributed by atoms with Gasteiger partial charge in [0.1, 0.15) is 0 Å². The van der Waals surface area contributed by atoms with Gasteiger partial charge in [0, 0.05) is 24.0 Å². The molecule has 0 saturated carbocycles. The number of benzene rings is 1. The Kier molecular flexibility index (Phi) is 3.29. The van der Waals surface area contributed by atoms with E-state index in [0.717, 1.165) is 30.1 Å². The quantitative estimate of drug-likeness (QED) is 0.804. The van der Waals surface area contributed by atoms with Gasteiger partial charge in [0.15, 0.2) is 0 Å². The molecule has 2 rings (SSSR count). The Morgan fingerprint density at radius 1 is 1.47 bits per heavy atom. The number of aliphatic hydroxyl groups excluding tert-OH is 1. The highest BCUT2D eigenvalue weighted by molar-refractivity contribution is 6.31. The average molecular weight is 226 g/mol.